The molecule has 5 heteroatoms. The zero-order valence-electron chi connectivity index (χ0n) is 12.9. The van der Waals surface area contributed by atoms with Crippen molar-refractivity contribution >= 4 is 0 Å². The molecule has 2 N–H and O–H groups in total. The van der Waals surface area contributed by atoms with Crippen LogP contribution >= 0.6 is 0 Å². The van der Waals surface area contributed by atoms with Crippen LogP contribution in [0.2, 0.25) is 0 Å². The molecule has 0 aromatic carbocycles. The van der Waals surface area contributed by atoms with E-state index in [0.717, 1.165) is 31.6 Å². The molecular weight excluding hydrogens is 254 g/mol. The van der Waals surface area contributed by atoms with Crippen LogP contribution in [0, 0.1) is 0 Å². The second kappa shape index (κ2) is 5.66. The van der Waals surface area contributed by atoms with Crippen LogP contribution in [-0.4, -0.2) is 22.1 Å². The summed E-state index contributed by atoms with van der Waals surface area (Å²) in [7, 11) is 0. The normalized spacial score (nSPS) is 23.8. The van der Waals surface area contributed by atoms with Crippen LogP contribution < -0.4 is 10.9 Å². The maximum atomic E-state index is 11.8. The molecule has 2 heterocycles. The molecule has 20 heavy (non-hydrogen) atoms. The minimum Gasteiger partial charge on any atom is -0.367 e. The smallest absolute Gasteiger partial charge is 0.251 e. The number of aromatic nitrogens is 2. The standard InChI is InChI=1S/C15H25N3O2/c1-14(2,3)16-10-11-9-12(19)18-13(17-11)15(4)7-5-6-8-20-15/h9,16H,5-8,10H2,1-4H3,(H,17,18,19). The molecule has 0 amide bonds. The van der Waals surface area contributed by atoms with Gasteiger partial charge in [-0.1, -0.05) is 0 Å². The summed E-state index contributed by atoms with van der Waals surface area (Å²) >= 11 is 0. The van der Waals surface area contributed by atoms with Gasteiger partial charge in [-0.2, -0.15) is 0 Å². The van der Waals surface area contributed by atoms with Gasteiger partial charge in [0.15, 0.2) is 0 Å². The van der Waals surface area contributed by atoms with Gasteiger partial charge in [-0.05, 0) is 47.0 Å². The van der Waals surface area contributed by atoms with Crippen LogP contribution in [0.4, 0.5) is 0 Å². The second-order valence-corrected chi connectivity index (χ2v) is 6.73. The first kappa shape index (κ1) is 15.2. The van der Waals surface area contributed by atoms with Crippen molar-refractivity contribution in [2.75, 3.05) is 6.61 Å². The van der Waals surface area contributed by atoms with Crippen molar-refractivity contribution in [2.24, 2.45) is 0 Å². The SMILES string of the molecule is CC(C)(C)NCc1cc(=O)[nH]c(C2(C)CCCCO2)n1. The Bertz CT molecular complexity index is 511. The van der Waals surface area contributed by atoms with Gasteiger partial charge >= 0.3 is 0 Å². The Morgan fingerprint density at radius 3 is 2.80 bits per heavy atom. The van der Waals surface area contributed by atoms with Gasteiger partial charge in [-0.15, -0.1) is 0 Å². The topological polar surface area (TPSA) is 67.0 Å². The summed E-state index contributed by atoms with van der Waals surface area (Å²) in [5, 5.41) is 3.35. The Kier molecular flexibility index (Phi) is 4.30. The van der Waals surface area contributed by atoms with Crippen LogP contribution in [0.5, 0.6) is 0 Å². The fraction of sp³-hybridized carbons (Fsp3) is 0.733. The quantitative estimate of drug-likeness (QED) is 0.889. The summed E-state index contributed by atoms with van der Waals surface area (Å²) in [4.78, 5) is 19.3. The fourth-order valence-corrected chi connectivity index (χ4v) is 2.33. The summed E-state index contributed by atoms with van der Waals surface area (Å²) in [5.41, 5.74) is 0.176. The first-order valence-corrected chi connectivity index (χ1v) is 7.28. The van der Waals surface area contributed by atoms with Crippen molar-refractivity contribution in [1.82, 2.24) is 15.3 Å². The summed E-state index contributed by atoms with van der Waals surface area (Å²) in [6.07, 6.45) is 3.07. The lowest BCUT2D eigenvalue weighted by atomic mass is 9.95. The monoisotopic (exact) mass is 279 g/mol. The van der Waals surface area contributed by atoms with Crippen LogP contribution in [0.1, 0.15) is 58.5 Å². The van der Waals surface area contributed by atoms with Crippen molar-refractivity contribution in [3.8, 4) is 0 Å². The molecule has 5 nitrogen and oxygen atoms in total. The lowest BCUT2D eigenvalue weighted by molar-refractivity contribution is -0.0763. The highest BCUT2D eigenvalue weighted by molar-refractivity contribution is 5.09. The third kappa shape index (κ3) is 3.90. The van der Waals surface area contributed by atoms with Gasteiger partial charge in [0.25, 0.3) is 5.56 Å². The molecule has 1 saturated heterocycles. The largest absolute Gasteiger partial charge is 0.367 e. The number of hydrogen-bond acceptors (Lipinski definition) is 4. The van der Waals surface area contributed by atoms with Gasteiger partial charge < -0.3 is 15.0 Å². The van der Waals surface area contributed by atoms with E-state index in [0.29, 0.717) is 12.4 Å². The minimum absolute atomic E-state index is 0.00428. The lowest BCUT2D eigenvalue weighted by Gasteiger charge is -2.33. The minimum atomic E-state index is -0.463. The third-order valence-electron chi connectivity index (χ3n) is 3.56. The first-order valence-electron chi connectivity index (χ1n) is 7.28. The van der Waals surface area contributed by atoms with Crippen molar-refractivity contribution in [1.29, 1.82) is 0 Å². The molecule has 112 valence electrons. The zero-order valence-corrected chi connectivity index (χ0v) is 12.9. The Balaban J connectivity index is 2.22. The van der Waals surface area contributed by atoms with Crippen molar-refractivity contribution in [3.05, 3.63) is 27.9 Å². The van der Waals surface area contributed by atoms with Crippen LogP contribution in [0.3, 0.4) is 0 Å². The predicted molar refractivity (Wildman–Crippen MR) is 78.6 cm³/mol. The predicted octanol–water partition coefficient (Wildman–Crippen LogP) is 2.07. The number of nitrogens with one attached hydrogen (secondary N) is 2. The maximum Gasteiger partial charge on any atom is 0.251 e. The molecule has 0 bridgehead atoms. The molecule has 2 rings (SSSR count). The Hall–Kier alpha value is -1.20. The molecule has 1 atom stereocenters. The molecule has 0 aliphatic carbocycles. The van der Waals surface area contributed by atoms with E-state index >= 15 is 0 Å². The summed E-state index contributed by atoms with van der Waals surface area (Å²) in [6, 6.07) is 1.55. The van der Waals surface area contributed by atoms with Gasteiger partial charge in [0, 0.05) is 24.8 Å². The van der Waals surface area contributed by atoms with E-state index in [-0.39, 0.29) is 11.1 Å². The molecule has 1 aliphatic heterocycles. The Morgan fingerprint density at radius 2 is 2.20 bits per heavy atom. The van der Waals surface area contributed by atoms with Gasteiger partial charge in [-0.3, -0.25) is 4.79 Å². The number of nitrogens with zero attached hydrogens (tertiary/aromatic N) is 1. The number of H-pyrrole nitrogens is 1. The van der Waals surface area contributed by atoms with Gasteiger partial charge in [0.2, 0.25) is 0 Å². The average Bonchev–Trinajstić information content (AvgIpc) is 2.36. The molecule has 1 aromatic rings. The molecule has 1 aliphatic rings. The zero-order chi connectivity index (χ0) is 14.8. The number of rotatable bonds is 3. The Labute approximate surface area is 120 Å². The van der Waals surface area contributed by atoms with E-state index in [1.165, 1.54) is 0 Å². The van der Waals surface area contributed by atoms with E-state index in [1.807, 2.05) is 6.92 Å². The van der Waals surface area contributed by atoms with Gasteiger partial charge in [0.1, 0.15) is 11.4 Å². The Morgan fingerprint density at radius 1 is 1.45 bits per heavy atom. The van der Waals surface area contributed by atoms with Crippen LogP contribution in [-0.2, 0) is 16.9 Å². The third-order valence-corrected chi connectivity index (χ3v) is 3.56. The van der Waals surface area contributed by atoms with Crippen LogP contribution in [0.15, 0.2) is 10.9 Å². The molecule has 1 fully saturated rings. The first-order chi connectivity index (χ1) is 9.28. The summed E-state index contributed by atoms with van der Waals surface area (Å²) in [5.74, 6) is 0.649. The van der Waals surface area contributed by atoms with E-state index in [4.69, 9.17) is 4.74 Å². The van der Waals surface area contributed by atoms with E-state index in [9.17, 15) is 4.79 Å². The maximum absolute atomic E-state index is 11.8. The molecule has 0 radical (unpaired) electrons. The average molecular weight is 279 g/mol. The molecule has 0 saturated carbocycles. The van der Waals surface area contributed by atoms with Crippen LogP contribution in [0.25, 0.3) is 0 Å². The van der Waals surface area contributed by atoms with Gasteiger partial charge in [0.05, 0.1) is 5.69 Å². The molecule has 1 unspecified atom stereocenters. The summed E-state index contributed by atoms with van der Waals surface area (Å²) in [6.45, 7) is 9.58. The fourth-order valence-electron chi connectivity index (χ4n) is 2.33. The van der Waals surface area contributed by atoms with Gasteiger partial charge in [-0.25, -0.2) is 4.98 Å². The molecular formula is C15H25N3O2. The lowest BCUT2D eigenvalue weighted by Crippen LogP contribution is -2.37. The highest BCUT2D eigenvalue weighted by Gasteiger charge is 2.32. The van der Waals surface area contributed by atoms with Crippen molar-refractivity contribution in [3.63, 3.8) is 0 Å². The van der Waals surface area contributed by atoms with E-state index < -0.39 is 5.60 Å². The number of ether oxygens (including phenoxy) is 1. The second-order valence-electron chi connectivity index (χ2n) is 6.73. The van der Waals surface area contributed by atoms with E-state index in [1.54, 1.807) is 6.07 Å². The number of hydrogen-bond donors (Lipinski definition) is 2. The van der Waals surface area contributed by atoms with E-state index in [2.05, 4.69) is 36.1 Å². The highest BCUT2D eigenvalue weighted by Crippen LogP contribution is 2.31. The van der Waals surface area contributed by atoms with Crippen molar-refractivity contribution < 1.29 is 4.74 Å². The summed E-state index contributed by atoms with van der Waals surface area (Å²) < 4.78 is 5.85. The number of aromatic amines is 1. The molecule has 0 spiro atoms. The molecule has 1 aromatic heterocycles. The highest BCUT2D eigenvalue weighted by atomic mass is 16.5. The van der Waals surface area contributed by atoms with Crippen molar-refractivity contribution in [2.45, 2.75) is 64.6 Å².